The third kappa shape index (κ3) is 7.73. The summed E-state index contributed by atoms with van der Waals surface area (Å²) in [6, 6.07) is 4.94. The van der Waals surface area contributed by atoms with E-state index in [2.05, 4.69) is 23.3 Å². The molecule has 4 unspecified atom stereocenters. The molecule has 1 aromatic rings. The standard InChI is InChI=1S/C22H31N5O6S/c23-14(11-13-5-2-1-3-6-13)19(29)26-16(12-34)20(30)25-15(8-9-18(24)28)21(31)27-10-4-7-17(27)22(32)33/h1-3,5-6,14-17,34H,4,7-12,23H2,(H2,24,28)(H,25,30)(H,26,29)(H,32,33). The van der Waals surface area contributed by atoms with Crippen LogP contribution in [-0.4, -0.2) is 76.1 Å². The molecule has 34 heavy (non-hydrogen) atoms. The van der Waals surface area contributed by atoms with Gasteiger partial charge in [0.1, 0.15) is 18.1 Å². The lowest BCUT2D eigenvalue weighted by atomic mass is 10.1. The Morgan fingerprint density at radius 2 is 1.74 bits per heavy atom. The molecule has 0 aromatic heterocycles. The van der Waals surface area contributed by atoms with Gasteiger partial charge in [0.25, 0.3) is 0 Å². The quantitative estimate of drug-likeness (QED) is 0.197. The number of carboxylic acids is 1. The number of aliphatic carboxylic acids is 1. The number of primary amides is 1. The summed E-state index contributed by atoms with van der Waals surface area (Å²) in [5.74, 6) is -3.78. The number of benzene rings is 1. The monoisotopic (exact) mass is 493 g/mol. The molecule has 11 nitrogen and oxygen atoms in total. The van der Waals surface area contributed by atoms with Crippen molar-refractivity contribution in [3.8, 4) is 0 Å². The van der Waals surface area contributed by atoms with Crippen LogP contribution in [0.3, 0.4) is 0 Å². The molecule has 1 aromatic carbocycles. The second-order valence-corrected chi connectivity index (χ2v) is 8.50. The van der Waals surface area contributed by atoms with Gasteiger partial charge in [-0.3, -0.25) is 19.2 Å². The van der Waals surface area contributed by atoms with E-state index in [0.29, 0.717) is 12.8 Å². The number of nitrogens with one attached hydrogen (secondary N) is 2. The van der Waals surface area contributed by atoms with Gasteiger partial charge in [-0.15, -0.1) is 0 Å². The van der Waals surface area contributed by atoms with Crippen LogP contribution >= 0.6 is 12.6 Å². The summed E-state index contributed by atoms with van der Waals surface area (Å²) in [5.41, 5.74) is 12.0. The van der Waals surface area contributed by atoms with Gasteiger partial charge in [0.2, 0.25) is 23.6 Å². The first-order chi connectivity index (χ1) is 16.1. The number of hydrogen-bond acceptors (Lipinski definition) is 7. The van der Waals surface area contributed by atoms with Crippen molar-refractivity contribution in [1.29, 1.82) is 0 Å². The van der Waals surface area contributed by atoms with Crippen molar-refractivity contribution in [3.63, 3.8) is 0 Å². The van der Waals surface area contributed by atoms with Gasteiger partial charge in [0, 0.05) is 18.7 Å². The average molecular weight is 494 g/mol. The van der Waals surface area contributed by atoms with Crippen molar-refractivity contribution in [3.05, 3.63) is 35.9 Å². The smallest absolute Gasteiger partial charge is 0.326 e. The topological polar surface area (TPSA) is 185 Å². The molecular weight excluding hydrogens is 462 g/mol. The maximum Gasteiger partial charge on any atom is 0.326 e. The highest BCUT2D eigenvalue weighted by Crippen LogP contribution is 2.19. The minimum absolute atomic E-state index is 0.0756. The van der Waals surface area contributed by atoms with Crippen molar-refractivity contribution in [1.82, 2.24) is 15.5 Å². The summed E-state index contributed by atoms with van der Waals surface area (Å²) >= 11 is 4.12. The molecule has 12 heteroatoms. The molecule has 4 amide bonds. The number of thiol groups is 1. The molecule has 186 valence electrons. The molecule has 1 heterocycles. The van der Waals surface area contributed by atoms with Gasteiger partial charge in [-0.05, 0) is 31.2 Å². The molecule has 1 aliphatic rings. The lowest BCUT2D eigenvalue weighted by Gasteiger charge is -2.28. The zero-order valence-corrected chi connectivity index (χ0v) is 19.6. The highest BCUT2D eigenvalue weighted by Gasteiger charge is 2.38. The molecule has 1 aliphatic heterocycles. The Morgan fingerprint density at radius 3 is 2.32 bits per heavy atom. The van der Waals surface area contributed by atoms with Gasteiger partial charge in [-0.1, -0.05) is 30.3 Å². The van der Waals surface area contributed by atoms with Crippen LogP contribution in [-0.2, 0) is 30.4 Å². The van der Waals surface area contributed by atoms with Gasteiger partial charge in [0.15, 0.2) is 0 Å². The molecule has 2 rings (SSSR count). The van der Waals surface area contributed by atoms with E-state index in [-0.39, 0.29) is 31.6 Å². The maximum absolute atomic E-state index is 13.0. The fourth-order valence-corrected chi connectivity index (χ4v) is 3.99. The van der Waals surface area contributed by atoms with Crippen LogP contribution in [0.5, 0.6) is 0 Å². The Kier molecular flexibility index (Phi) is 10.3. The van der Waals surface area contributed by atoms with Gasteiger partial charge >= 0.3 is 5.97 Å². The Bertz CT molecular complexity index is 899. The number of nitrogens with two attached hydrogens (primary N) is 2. The van der Waals surface area contributed by atoms with E-state index in [4.69, 9.17) is 11.5 Å². The Hall–Kier alpha value is -3.12. The minimum Gasteiger partial charge on any atom is -0.480 e. The SMILES string of the molecule is NC(=O)CCC(NC(=O)C(CS)NC(=O)C(N)Cc1ccccc1)C(=O)N1CCCC1C(=O)O. The van der Waals surface area contributed by atoms with Crippen molar-refractivity contribution >= 4 is 42.2 Å². The number of carbonyl (C=O) groups excluding carboxylic acids is 4. The van der Waals surface area contributed by atoms with Gasteiger partial charge in [-0.2, -0.15) is 12.6 Å². The van der Waals surface area contributed by atoms with Crippen LogP contribution < -0.4 is 22.1 Å². The first-order valence-electron chi connectivity index (χ1n) is 11.0. The number of nitrogens with zero attached hydrogens (tertiary/aromatic N) is 1. The van der Waals surface area contributed by atoms with Crippen LogP contribution in [0.4, 0.5) is 0 Å². The molecule has 4 atom stereocenters. The zero-order chi connectivity index (χ0) is 25.3. The second kappa shape index (κ2) is 12.9. The summed E-state index contributed by atoms with van der Waals surface area (Å²) in [6.07, 6.45) is 0.768. The Morgan fingerprint density at radius 1 is 1.09 bits per heavy atom. The van der Waals surface area contributed by atoms with Crippen LogP contribution in [0.2, 0.25) is 0 Å². The van der Waals surface area contributed by atoms with E-state index in [1.54, 1.807) is 0 Å². The number of likely N-dealkylation sites (tertiary alicyclic amines) is 1. The number of hydrogen-bond donors (Lipinski definition) is 6. The Labute approximate surface area is 203 Å². The molecule has 0 spiro atoms. The van der Waals surface area contributed by atoms with Crippen LogP contribution in [0.25, 0.3) is 0 Å². The van der Waals surface area contributed by atoms with Gasteiger partial charge < -0.3 is 32.1 Å². The minimum atomic E-state index is -1.18. The van der Waals surface area contributed by atoms with E-state index in [1.807, 2.05) is 30.3 Å². The van der Waals surface area contributed by atoms with Crippen molar-refractivity contribution < 1.29 is 29.1 Å². The van der Waals surface area contributed by atoms with E-state index in [1.165, 1.54) is 4.90 Å². The van der Waals surface area contributed by atoms with E-state index < -0.39 is 53.8 Å². The molecule has 0 saturated carbocycles. The molecule has 0 radical (unpaired) electrons. The molecule has 7 N–H and O–H groups in total. The maximum atomic E-state index is 13.0. The summed E-state index contributed by atoms with van der Waals surface area (Å²) in [7, 11) is 0. The summed E-state index contributed by atoms with van der Waals surface area (Å²) in [5, 5.41) is 14.4. The average Bonchev–Trinajstić information content (AvgIpc) is 3.30. The lowest BCUT2D eigenvalue weighted by molar-refractivity contribution is -0.149. The predicted molar refractivity (Wildman–Crippen MR) is 127 cm³/mol. The number of carboxylic acid groups (broad SMARTS) is 1. The van der Waals surface area contributed by atoms with Gasteiger partial charge in [0.05, 0.1) is 6.04 Å². The van der Waals surface area contributed by atoms with Crippen LogP contribution in [0.15, 0.2) is 30.3 Å². The number of carbonyl (C=O) groups is 5. The summed E-state index contributed by atoms with van der Waals surface area (Å²) < 4.78 is 0. The summed E-state index contributed by atoms with van der Waals surface area (Å²) in [6.45, 7) is 0.222. The zero-order valence-electron chi connectivity index (χ0n) is 18.7. The number of amides is 4. The van der Waals surface area contributed by atoms with Crippen molar-refractivity contribution in [2.45, 2.75) is 56.3 Å². The molecular formula is C22H31N5O6S. The van der Waals surface area contributed by atoms with E-state index >= 15 is 0 Å². The fraction of sp³-hybridized carbons (Fsp3) is 0.500. The fourth-order valence-electron chi connectivity index (χ4n) is 3.74. The van der Waals surface area contributed by atoms with Crippen LogP contribution in [0, 0.1) is 0 Å². The molecule has 1 saturated heterocycles. The summed E-state index contributed by atoms with van der Waals surface area (Å²) in [4.78, 5) is 62.3. The molecule has 0 aliphatic carbocycles. The highest BCUT2D eigenvalue weighted by atomic mass is 32.1. The third-order valence-corrected chi connectivity index (χ3v) is 5.93. The van der Waals surface area contributed by atoms with Crippen molar-refractivity contribution in [2.75, 3.05) is 12.3 Å². The first kappa shape index (κ1) is 27.1. The van der Waals surface area contributed by atoms with Crippen molar-refractivity contribution in [2.24, 2.45) is 11.5 Å². The van der Waals surface area contributed by atoms with E-state index in [9.17, 15) is 29.1 Å². The predicted octanol–water partition coefficient (Wildman–Crippen LogP) is -1.20. The molecule has 1 fully saturated rings. The largest absolute Gasteiger partial charge is 0.480 e. The number of rotatable bonds is 12. The first-order valence-corrected chi connectivity index (χ1v) is 11.6. The van der Waals surface area contributed by atoms with Crippen LogP contribution in [0.1, 0.15) is 31.2 Å². The highest BCUT2D eigenvalue weighted by molar-refractivity contribution is 7.80. The normalized spacial score (nSPS) is 17.9. The lowest BCUT2D eigenvalue weighted by Crippen LogP contribution is -2.58. The Balaban J connectivity index is 2.05. The third-order valence-electron chi connectivity index (χ3n) is 5.57. The van der Waals surface area contributed by atoms with Gasteiger partial charge in [-0.25, -0.2) is 4.79 Å². The second-order valence-electron chi connectivity index (χ2n) is 8.13. The molecule has 0 bridgehead atoms. The van der Waals surface area contributed by atoms with E-state index in [0.717, 1.165) is 5.56 Å².